The van der Waals surface area contributed by atoms with E-state index in [-0.39, 0.29) is 12.5 Å². The Labute approximate surface area is 126 Å². The van der Waals surface area contributed by atoms with Crippen molar-refractivity contribution in [2.24, 2.45) is 5.92 Å². The van der Waals surface area contributed by atoms with Gasteiger partial charge in [-0.25, -0.2) is 0 Å². The first kappa shape index (κ1) is 16.4. The standard InChI is InChI=1S/C14H23N3O3S/c1-2-16(11-14-5-3-4-8-15-14)21(19,20)17-9-6-13(12-18)7-10-17/h3-5,8,13,18H,2,6-7,9-12H2,1H3. The molecule has 6 nitrogen and oxygen atoms in total. The molecule has 1 fully saturated rings. The predicted octanol–water partition coefficient (Wildman–Crippen LogP) is 0.853. The van der Waals surface area contributed by atoms with E-state index in [2.05, 4.69) is 4.98 Å². The second-order valence-electron chi connectivity index (χ2n) is 5.28. The molecule has 0 unspecified atom stereocenters. The molecule has 1 aliphatic heterocycles. The highest BCUT2D eigenvalue weighted by Gasteiger charge is 2.32. The van der Waals surface area contributed by atoms with Gasteiger partial charge in [-0.15, -0.1) is 0 Å². The summed E-state index contributed by atoms with van der Waals surface area (Å²) in [7, 11) is -3.46. The number of hydrogen-bond donors (Lipinski definition) is 1. The minimum atomic E-state index is -3.46. The number of rotatable bonds is 6. The Kier molecular flexibility index (Phi) is 5.69. The molecule has 1 aromatic rings. The van der Waals surface area contributed by atoms with Crippen LogP contribution in [0.1, 0.15) is 25.5 Å². The van der Waals surface area contributed by atoms with Crippen LogP contribution in [0.5, 0.6) is 0 Å². The third kappa shape index (κ3) is 4.00. The molecule has 1 aromatic heterocycles. The van der Waals surface area contributed by atoms with Gasteiger partial charge in [0.15, 0.2) is 0 Å². The zero-order chi connectivity index (χ0) is 15.3. The Hall–Kier alpha value is -1.02. The fraction of sp³-hybridized carbons (Fsp3) is 0.643. The summed E-state index contributed by atoms with van der Waals surface area (Å²) in [6.45, 7) is 3.64. The highest BCUT2D eigenvalue weighted by atomic mass is 32.2. The van der Waals surface area contributed by atoms with Gasteiger partial charge >= 0.3 is 0 Å². The van der Waals surface area contributed by atoms with Crippen molar-refractivity contribution in [2.45, 2.75) is 26.3 Å². The lowest BCUT2D eigenvalue weighted by Gasteiger charge is -2.34. The molecule has 0 radical (unpaired) electrons. The van der Waals surface area contributed by atoms with Crippen molar-refractivity contribution in [3.8, 4) is 0 Å². The number of aromatic nitrogens is 1. The van der Waals surface area contributed by atoms with Gasteiger partial charge in [0, 0.05) is 32.4 Å². The molecule has 7 heteroatoms. The minimum absolute atomic E-state index is 0.138. The summed E-state index contributed by atoms with van der Waals surface area (Å²) < 4.78 is 28.3. The maximum atomic E-state index is 12.7. The van der Waals surface area contributed by atoms with Crippen LogP contribution in [-0.4, -0.2) is 53.4 Å². The molecular weight excluding hydrogens is 290 g/mol. The van der Waals surface area contributed by atoms with E-state index in [1.807, 2.05) is 25.1 Å². The van der Waals surface area contributed by atoms with Crippen molar-refractivity contribution in [1.82, 2.24) is 13.6 Å². The molecular formula is C14H23N3O3S. The SMILES string of the molecule is CCN(Cc1ccccn1)S(=O)(=O)N1CCC(CO)CC1. The zero-order valence-electron chi connectivity index (χ0n) is 12.4. The summed E-state index contributed by atoms with van der Waals surface area (Å²) in [5.41, 5.74) is 0.744. The predicted molar refractivity (Wildman–Crippen MR) is 80.6 cm³/mol. The fourth-order valence-corrected chi connectivity index (χ4v) is 4.14. The van der Waals surface area contributed by atoms with Crippen molar-refractivity contribution in [3.63, 3.8) is 0 Å². The van der Waals surface area contributed by atoms with Crippen molar-refractivity contribution < 1.29 is 13.5 Å². The third-order valence-electron chi connectivity index (χ3n) is 3.90. The lowest BCUT2D eigenvalue weighted by Crippen LogP contribution is -2.47. The molecule has 0 amide bonds. The monoisotopic (exact) mass is 313 g/mol. The molecule has 0 atom stereocenters. The molecule has 0 spiro atoms. The number of nitrogens with zero attached hydrogens (tertiary/aromatic N) is 3. The Morgan fingerprint density at radius 3 is 2.62 bits per heavy atom. The fourth-order valence-electron chi connectivity index (χ4n) is 2.51. The van der Waals surface area contributed by atoms with E-state index in [0.29, 0.717) is 26.2 Å². The maximum absolute atomic E-state index is 12.7. The van der Waals surface area contributed by atoms with Crippen LogP contribution in [0, 0.1) is 5.92 Å². The number of pyridine rings is 1. The average Bonchev–Trinajstić information content (AvgIpc) is 2.53. The van der Waals surface area contributed by atoms with E-state index in [1.165, 1.54) is 8.61 Å². The van der Waals surface area contributed by atoms with Gasteiger partial charge in [-0.1, -0.05) is 13.0 Å². The van der Waals surface area contributed by atoms with Crippen LogP contribution in [0.15, 0.2) is 24.4 Å². The van der Waals surface area contributed by atoms with Gasteiger partial charge in [0.1, 0.15) is 0 Å². The van der Waals surface area contributed by atoms with Crippen LogP contribution >= 0.6 is 0 Å². The Morgan fingerprint density at radius 1 is 1.38 bits per heavy atom. The van der Waals surface area contributed by atoms with Crippen molar-refractivity contribution >= 4 is 10.2 Å². The lowest BCUT2D eigenvalue weighted by molar-refractivity contribution is 0.166. The van der Waals surface area contributed by atoms with E-state index in [9.17, 15) is 8.42 Å². The van der Waals surface area contributed by atoms with E-state index >= 15 is 0 Å². The van der Waals surface area contributed by atoms with Gasteiger partial charge in [0.05, 0.1) is 12.2 Å². The first-order valence-corrected chi connectivity index (χ1v) is 8.73. The number of piperidine rings is 1. The molecule has 0 saturated carbocycles. The summed E-state index contributed by atoms with van der Waals surface area (Å²) in [6, 6.07) is 5.50. The van der Waals surface area contributed by atoms with Crippen LogP contribution in [-0.2, 0) is 16.8 Å². The molecule has 1 saturated heterocycles. The van der Waals surface area contributed by atoms with E-state index in [1.54, 1.807) is 6.20 Å². The van der Waals surface area contributed by atoms with Crippen LogP contribution in [0.4, 0.5) is 0 Å². The normalized spacial score (nSPS) is 18.2. The van der Waals surface area contributed by atoms with Crippen LogP contribution in [0.2, 0.25) is 0 Å². The van der Waals surface area contributed by atoms with E-state index < -0.39 is 10.2 Å². The van der Waals surface area contributed by atoms with Gasteiger partial charge in [0.25, 0.3) is 10.2 Å². The van der Waals surface area contributed by atoms with Crippen LogP contribution < -0.4 is 0 Å². The Bertz CT molecular complexity index is 528. The average molecular weight is 313 g/mol. The summed E-state index contributed by atoms with van der Waals surface area (Å²) in [6.07, 6.45) is 3.11. The largest absolute Gasteiger partial charge is 0.396 e. The number of aliphatic hydroxyl groups is 1. The van der Waals surface area contributed by atoms with Crippen molar-refractivity contribution in [3.05, 3.63) is 30.1 Å². The third-order valence-corrected chi connectivity index (χ3v) is 5.96. The molecule has 2 rings (SSSR count). The topological polar surface area (TPSA) is 73.7 Å². The van der Waals surface area contributed by atoms with Gasteiger partial charge < -0.3 is 5.11 Å². The summed E-state index contributed by atoms with van der Waals surface area (Å²) in [5.74, 6) is 0.224. The van der Waals surface area contributed by atoms with E-state index in [0.717, 1.165) is 18.5 Å². The Morgan fingerprint density at radius 2 is 2.10 bits per heavy atom. The molecule has 0 aliphatic carbocycles. The quantitative estimate of drug-likeness (QED) is 0.845. The van der Waals surface area contributed by atoms with Crippen molar-refractivity contribution in [1.29, 1.82) is 0 Å². The van der Waals surface area contributed by atoms with Gasteiger partial charge in [0.2, 0.25) is 0 Å². The number of aliphatic hydroxyl groups excluding tert-OH is 1. The lowest BCUT2D eigenvalue weighted by atomic mass is 10.00. The summed E-state index contributed by atoms with van der Waals surface area (Å²) >= 11 is 0. The molecule has 0 aromatic carbocycles. The van der Waals surface area contributed by atoms with E-state index in [4.69, 9.17) is 5.11 Å². The van der Waals surface area contributed by atoms with Gasteiger partial charge in [-0.05, 0) is 30.9 Å². The molecule has 118 valence electrons. The highest BCUT2D eigenvalue weighted by Crippen LogP contribution is 2.21. The van der Waals surface area contributed by atoms with Crippen LogP contribution in [0.25, 0.3) is 0 Å². The molecule has 1 aliphatic rings. The maximum Gasteiger partial charge on any atom is 0.282 e. The Balaban J connectivity index is 2.06. The van der Waals surface area contributed by atoms with Crippen LogP contribution in [0.3, 0.4) is 0 Å². The second-order valence-corrected chi connectivity index (χ2v) is 7.21. The zero-order valence-corrected chi connectivity index (χ0v) is 13.2. The molecule has 2 heterocycles. The molecule has 0 bridgehead atoms. The van der Waals surface area contributed by atoms with Crippen molar-refractivity contribution in [2.75, 3.05) is 26.2 Å². The van der Waals surface area contributed by atoms with Gasteiger partial charge in [-0.2, -0.15) is 17.0 Å². The smallest absolute Gasteiger partial charge is 0.282 e. The first-order valence-electron chi connectivity index (χ1n) is 7.34. The first-order chi connectivity index (χ1) is 10.1. The number of hydrogen-bond acceptors (Lipinski definition) is 4. The highest BCUT2D eigenvalue weighted by molar-refractivity contribution is 7.86. The molecule has 1 N–H and O–H groups in total. The summed E-state index contributed by atoms with van der Waals surface area (Å²) in [4.78, 5) is 4.19. The molecule has 21 heavy (non-hydrogen) atoms. The second kappa shape index (κ2) is 7.31. The summed E-state index contributed by atoms with van der Waals surface area (Å²) in [5, 5.41) is 9.14. The van der Waals surface area contributed by atoms with Gasteiger partial charge in [-0.3, -0.25) is 4.98 Å². The minimum Gasteiger partial charge on any atom is -0.396 e.